The highest BCUT2D eigenvalue weighted by Crippen LogP contribution is 2.44. The van der Waals surface area contributed by atoms with Gasteiger partial charge in [0.25, 0.3) is 0 Å². The van der Waals surface area contributed by atoms with Crippen molar-refractivity contribution in [2.75, 3.05) is 20.1 Å². The highest BCUT2D eigenvalue weighted by atomic mass is 15.1. The molecule has 2 unspecified atom stereocenters. The molecule has 0 bridgehead atoms. The molecule has 1 aromatic carbocycles. The maximum Gasteiger partial charge on any atom is 0.00157 e. The number of nitrogens with zero attached hydrogens (tertiary/aromatic N) is 1. The number of hydrogen-bond acceptors (Lipinski definition) is 1. The smallest absolute Gasteiger partial charge is 0.00157 e. The normalized spacial score (nSPS) is 34.9. The van der Waals surface area contributed by atoms with Crippen molar-refractivity contribution in [2.24, 2.45) is 11.8 Å². The van der Waals surface area contributed by atoms with Gasteiger partial charge in [0.15, 0.2) is 0 Å². The quantitative estimate of drug-likeness (QED) is 0.695. The first-order chi connectivity index (χ1) is 7.84. The lowest BCUT2D eigenvalue weighted by Gasteiger charge is -2.33. The van der Waals surface area contributed by atoms with Gasteiger partial charge in [0.1, 0.15) is 0 Å². The summed E-state index contributed by atoms with van der Waals surface area (Å²) in [6.45, 7) is 2.64. The summed E-state index contributed by atoms with van der Waals surface area (Å²) in [6, 6.07) is 11.2. The Kier molecular flexibility index (Phi) is 2.72. The van der Waals surface area contributed by atoms with Gasteiger partial charge in [-0.1, -0.05) is 36.8 Å². The van der Waals surface area contributed by atoms with Crippen molar-refractivity contribution in [3.63, 3.8) is 0 Å². The van der Waals surface area contributed by atoms with Crippen LogP contribution in [0.4, 0.5) is 0 Å². The number of rotatable bonds is 1. The zero-order valence-electron chi connectivity index (χ0n) is 10.1. The summed E-state index contributed by atoms with van der Waals surface area (Å²) in [4.78, 5) is 2.52. The molecule has 1 aliphatic carbocycles. The maximum atomic E-state index is 2.52. The van der Waals surface area contributed by atoms with Gasteiger partial charge in [0.05, 0.1) is 0 Å². The number of hydrogen-bond donors (Lipinski definition) is 0. The van der Waals surface area contributed by atoms with Crippen LogP contribution in [-0.2, 0) is 0 Å². The number of benzene rings is 1. The molecule has 2 fully saturated rings. The second-order valence-corrected chi connectivity index (χ2v) is 5.59. The van der Waals surface area contributed by atoms with Crippen molar-refractivity contribution >= 4 is 0 Å². The van der Waals surface area contributed by atoms with Crippen LogP contribution in [0.25, 0.3) is 0 Å². The fourth-order valence-corrected chi connectivity index (χ4v) is 3.81. The van der Waals surface area contributed by atoms with Crippen LogP contribution in [-0.4, -0.2) is 25.0 Å². The largest absolute Gasteiger partial charge is 0.306 e. The van der Waals surface area contributed by atoms with E-state index in [4.69, 9.17) is 0 Å². The van der Waals surface area contributed by atoms with Crippen molar-refractivity contribution in [3.8, 4) is 0 Å². The lowest BCUT2D eigenvalue weighted by atomic mass is 9.71. The second-order valence-electron chi connectivity index (χ2n) is 5.59. The molecule has 1 heterocycles. The van der Waals surface area contributed by atoms with Gasteiger partial charge in [-0.3, -0.25) is 0 Å². The van der Waals surface area contributed by atoms with Gasteiger partial charge in [-0.15, -0.1) is 0 Å². The number of likely N-dealkylation sites (tertiary alicyclic amines) is 1. The maximum absolute atomic E-state index is 2.52. The van der Waals surface area contributed by atoms with Crippen LogP contribution in [0.5, 0.6) is 0 Å². The summed E-state index contributed by atoms with van der Waals surface area (Å²) in [7, 11) is 2.28. The lowest BCUT2D eigenvalue weighted by molar-refractivity contribution is 0.258. The Labute approximate surface area is 98.5 Å². The molecule has 3 atom stereocenters. The van der Waals surface area contributed by atoms with E-state index in [-0.39, 0.29) is 0 Å². The van der Waals surface area contributed by atoms with E-state index in [9.17, 15) is 0 Å². The van der Waals surface area contributed by atoms with Gasteiger partial charge in [-0.25, -0.2) is 0 Å². The predicted octanol–water partition coefficient (Wildman–Crippen LogP) is 3.13. The molecule has 0 aromatic heterocycles. The van der Waals surface area contributed by atoms with Gasteiger partial charge in [0, 0.05) is 13.1 Å². The minimum atomic E-state index is 0.824. The average molecular weight is 215 g/mol. The van der Waals surface area contributed by atoms with E-state index in [2.05, 4.69) is 42.3 Å². The van der Waals surface area contributed by atoms with E-state index in [1.54, 1.807) is 5.56 Å². The van der Waals surface area contributed by atoms with Crippen molar-refractivity contribution in [1.29, 1.82) is 0 Å². The molecule has 1 saturated carbocycles. The molecule has 1 aromatic rings. The second kappa shape index (κ2) is 4.21. The van der Waals surface area contributed by atoms with Crippen LogP contribution >= 0.6 is 0 Å². The van der Waals surface area contributed by atoms with Gasteiger partial charge in [-0.05, 0) is 43.2 Å². The van der Waals surface area contributed by atoms with Crippen LogP contribution in [0.1, 0.15) is 30.7 Å². The van der Waals surface area contributed by atoms with E-state index in [1.807, 2.05) is 0 Å². The molecule has 0 spiro atoms. The van der Waals surface area contributed by atoms with E-state index >= 15 is 0 Å². The highest BCUT2D eigenvalue weighted by Gasteiger charge is 2.39. The molecule has 3 rings (SSSR count). The predicted molar refractivity (Wildman–Crippen MR) is 67.5 cm³/mol. The molecule has 1 saturated heterocycles. The molecular formula is C15H21N. The van der Waals surface area contributed by atoms with Crippen LogP contribution in [0.2, 0.25) is 0 Å². The van der Waals surface area contributed by atoms with E-state index < -0.39 is 0 Å². The first-order valence-corrected chi connectivity index (χ1v) is 6.58. The van der Waals surface area contributed by atoms with Gasteiger partial charge in [0.2, 0.25) is 0 Å². The van der Waals surface area contributed by atoms with Crippen molar-refractivity contribution in [2.45, 2.75) is 25.2 Å². The molecule has 86 valence electrons. The van der Waals surface area contributed by atoms with Crippen molar-refractivity contribution < 1.29 is 0 Å². The molecule has 1 heteroatoms. The zero-order valence-corrected chi connectivity index (χ0v) is 10.1. The monoisotopic (exact) mass is 215 g/mol. The summed E-state index contributed by atoms with van der Waals surface area (Å²) in [5.41, 5.74) is 1.58. The fourth-order valence-electron chi connectivity index (χ4n) is 3.81. The SMILES string of the molecule is CN1CC2C(c3ccccc3)CCC[C@H]2C1. The fraction of sp³-hybridized carbons (Fsp3) is 0.600. The van der Waals surface area contributed by atoms with Crippen LogP contribution in [0.3, 0.4) is 0 Å². The summed E-state index contributed by atoms with van der Waals surface area (Å²) in [6.07, 6.45) is 4.28. The van der Waals surface area contributed by atoms with Gasteiger partial charge in [-0.2, -0.15) is 0 Å². The minimum Gasteiger partial charge on any atom is -0.306 e. The van der Waals surface area contributed by atoms with E-state index in [1.165, 1.54) is 32.4 Å². The standard InChI is InChI=1S/C15H21N/c1-16-10-13-8-5-9-14(15(13)11-16)12-6-3-2-4-7-12/h2-4,6-7,13-15H,5,8-11H2,1H3/t13-,14?,15?/m0/s1. The summed E-state index contributed by atoms with van der Waals surface area (Å²) < 4.78 is 0. The molecule has 0 amide bonds. The third kappa shape index (κ3) is 1.78. The summed E-state index contributed by atoms with van der Waals surface area (Å²) in [5, 5.41) is 0. The van der Waals surface area contributed by atoms with Crippen molar-refractivity contribution in [1.82, 2.24) is 4.90 Å². The molecule has 1 nitrogen and oxygen atoms in total. The third-order valence-electron chi connectivity index (χ3n) is 4.51. The Morgan fingerprint density at radius 1 is 1.06 bits per heavy atom. The molecule has 0 N–H and O–H groups in total. The Balaban J connectivity index is 1.85. The lowest BCUT2D eigenvalue weighted by Crippen LogP contribution is -2.25. The first-order valence-electron chi connectivity index (χ1n) is 6.58. The van der Waals surface area contributed by atoms with Crippen LogP contribution < -0.4 is 0 Å². The Morgan fingerprint density at radius 2 is 1.88 bits per heavy atom. The Hall–Kier alpha value is -0.820. The molecule has 2 aliphatic rings. The molecule has 1 aliphatic heterocycles. The van der Waals surface area contributed by atoms with Crippen molar-refractivity contribution in [3.05, 3.63) is 35.9 Å². The summed E-state index contributed by atoms with van der Waals surface area (Å²) >= 11 is 0. The molecular weight excluding hydrogens is 194 g/mol. The van der Waals surface area contributed by atoms with Crippen LogP contribution in [0.15, 0.2) is 30.3 Å². The highest BCUT2D eigenvalue weighted by molar-refractivity contribution is 5.22. The first kappa shape index (κ1) is 10.3. The summed E-state index contributed by atoms with van der Waals surface area (Å²) in [5.74, 6) is 2.70. The van der Waals surface area contributed by atoms with Crippen LogP contribution in [0, 0.1) is 11.8 Å². The Morgan fingerprint density at radius 3 is 2.69 bits per heavy atom. The van der Waals surface area contributed by atoms with Gasteiger partial charge < -0.3 is 4.90 Å². The minimum absolute atomic E-state index is 0.824. The molecule has 16 heavy (non-hydrogen) atoms. The average Bonchev–Trinajstić information content (AvgIpc) is 2.70. The third-order valence-corrected chi connectivity index (χ3v) is 4.51. The zero-order chi connectivity index (χ0) is 11.0. The molecule has 0 radical (unpaired) electrons. The topological polar surface area (TPSA) is 3.24 Å². The van der Waals surface area contributed by atoms with E-state index in [0.717, 1.165) is 17.8 Å². The van der Waals surface area contributed by atoms with Gasteiger partial charge >= 0.3 is 0 Å². The van der Waals surface area contributed by atoms with E-state index in [0.29, 0.717) is 0 Å². The Bertz CT molecular complexity index is 346. The number of fused-ring (bicyclic) bond motifs is 1.